The molecule has 0 aromatic heterocycles. The van der Waals surface area contributed by atoms with Gasteiger partial charge in [0.2, 0.25) is 5.91 Å². The SMILES string of the molecule is COc1cc(F)ccc1C(=O)N1CCC2(CCN(CCN3CCOCC3)C2=O)C1. The number of carbonyl (C=O) groups is 2. The lowest BCUT2D eigenvalue weighted by Crippen LogP contribution is -2.43. The smallest absolute Gasteiger partial charge is 0.257 e. The number of likely N-dealkylation sites (tertiary alicyclic amines) is 2. The van der Waals surface area contributed by atoms with Crippen molar-refractivity contribution in [2.75, 3.05) is 66.1 Å². The standard InChI is InChI=1S/C21H28FN3O4/c1-28-18-14-16(22)2-3-17(18)19(26)25-7-5-21(15-25)4-6-24(20(21)27)9-8-23-10-12-29-13-11-23/h2-3,14H,4-13,15H2,1H3. The maximum atomic E-state index is 13.5. The van der Waals surface area contributed by atoms with Crippen molar-refractivity contribution in [3.05, 3.63) is 29.6 Å². The summed E-state index contributed by atoms with van der Waals surface area (Å²) in [6.45, 7) is 6.60. The Kier molecular flexibility index (Phi) is 5.74. The van der Waals surface area contributed by atoms with Gasteiger partial charge in [0.15, 0.2) is 0 Å². The molecule has 1 atom stereocenters. The lowest BCUT2D eigenvalue weighted by atomic mass is 9.85. The number of hydrogen-bond acceptors (Lipinski definition) is 5. The number of ether oxygens (including phenoxy) is 2. The molecule has 3 fully saturated rings. The summed E-state index contributed by atoms with van der Waals surface area (Å²) >= 11 is 0. The Balaban J connectivity index is 1.38. The monoisotopic (exact) mass is 405 g/mol. The lowest BCUT2D eigenvalue weighted by molar-refractivity contribution is -0.135. The molecule has 0 saturated carbocycles. The number of morpholine rings is 1. The van der Waals surface area contributed by atoms with Gasteiger partial charge >= 0.3 is 0 Å². The highest BCUT2D eigenvalue weighted by atomic mass is 19.1. The second kappa shape index (κ2) is 8.28. The van der Waals surface area contributed by atoms with E-state index in [0.717, 1.165) is 52.4 Å². The largest absolute Gasteiger partial charge is 0.496 e. The zero-order valence-corrected chi connectivity index (χ0v) is 16.9. The van der Waals surface area contributed by atoms with Crippen LogP contribution in [-0.4, -0.2) is 92.7 Å². The molecule has 8 heteroatoms. The van der Waals surface area contributed by atoms with Crippen LogP contribution in [0.5, 0.6) is 5.75 Å². The molecule has 3 aliphatic heterocycles. The first-order valence-electron chi connectivity index (χ1n) is 10.2. The van der Waals surface area contributed by atoms with E-state index in [9.17, 15) is 14.0 Å². The zero-order valence-electron chi connectivity index (χ0n) is 16.9. The highest BCUT2D eigenvalue weighted by Gasteiger charge is 2.51. The first kappa shape index (κ1) is 20.1. The van der Waals surface area contributed by atoms with Crippen molar-refractivity contribution in [2.24, 2.45) is 5.41 Å². The van der Waals surface area contributed by atoms with Gasteiger partial charge in [-0.05, 0) is 25.0 Å². The van der Waals surface area contributed by atoms with Gasteiger partial charge in [0.1, 0.15) is 11.6 Å². The van der Waals surface area contributed by atoms with Crippen molar-refractivity contribution in [1.29, 1.82) is 0 Å². The van der Waals surface area contributed by atoms with E-state index in [1.807, 2.05) is 4.90 Å². The number of carbonyl (C=O) groups excluding carboxylic acids is 2. The molecule has 7 nitrogen and oxygen atoms in total. The fourth-order valence-electron chi connectivity index (χ4n) is 4.63. The molecule has 0 aliphatic carbocycles. The molecule has 4 rings (SSSR count). The summed E-state index contributed by atoms with van der Waals surface area (Å²) < 4.78 is 24.0. The molecule has 1 aromatic rings. The van der Waals surface area contributed by atoms with E-state index in [-0.39, 0.29) is 17.6 Å². The molecule has 2 amide bonds. The Morgan fingerprint density at radius 1 is 1.17 bits per heavy atom. The summed E-state index contributed by atoms with van der Waals surface area (Å²) in [5, 5.41) is 0. The molecule has 3 heterocycles. The number of halogens is 1. The van der Waals surface area contributed by atoms with Crippen LogP contribution in [0.2, 0.25) is 0 Å². The van der Waals surface area contributed by atoms with E-state index in [1.165, 1.54) is 25.3 Å². The number of nitrogens with zero attached hydrogens (tertiary/aromatic N) is 3. The molecule has 1 unspecified atom stereocenters. The topological polar surface area (TPSA) is 62.3 Å². The molecule has 29 heavy (non-hydrogen) atoms. The van der Waals surface area contributed by atoms with Crippen LogP contribution in [0, 0.1) is 11.2 Å². The Labute approximate surface area is 170 Å². The number of methoxy groups -OCH3 is 1. The first-order valence-corrected chi connectivity index (χ1v) is 10.2. The third-order valence-electron chi connectivity index (χ3n) is 6.43. The highest BCUT2D eigenvalue weighted by molar-refractivity contribution is 5.98. The van der Waals surface area contributed by atoms with Crippen molar-refractivity contribution in [3.8, 4) is 5.75 Å². The fraction of sp³-hybridized carbons (Fsp3) is 0.619. The number of amides is 2. The van der Waals surface area contributed by atoms with Crippen molar-refractivity contribution < 1.29 is 23.5 Å². The van der Waals surface area contributed by atoms with Crippen LogP contribution in [-0.2, 0) is 9.53 Å². The molecule has 0 bridgehead atoms. The lowest BCUT2D eigenvalue weighted by Gasteiger charge is -2.29. The maximum absolute atomic E-state index is 13.5. The Morgan fingerprint density at radius 3 is 2.69 bits per heavy atom. The molecule has 1 aromatic carbocycles. The van der Waals surface area contributed by atoms with Gasteiger partial charge in [0, 0.05) is 51.9 Å². The predicted octanol–water partition coefficient (Wildman–Crippen LogP) is 1.23. The molecule has 0 radical (unpaired) electrons. The van der Waals surface area contributed by atoms with Crippen molar-refractivity contribution >= 4 is 11.8 Å². The van der Waals surface area contributed by atoms with Crippen molar-refractivity contribution in [1.82, 2.24) is 14.7 Å². The fourth-order valence-corrected chi connectivity index (χ4v) is 4.63. The number of hydrogen-bond donors (Lipinski definition) is 0. The van der Waals surface area contributed by atoms with E-state index in [2.05, 4.69) is 4.90 Å². The van der Waals surface area contributed by atoms with E-state index in [4.69, 9.17) is 9.47 Å². The van der Waals surface area contributed by atoms with Gasteiger partial charge in [-0.15, -0.1) is 0 Å². The van der Waals surface area contributed by atoms with Crippen molar-refractivity contribution in [2.45, 2.75) is 12.8 Å². The van der Waals surface area contributed by atoms with E-state index in [0.29, 0.717) is 25.1 Å². The second-order valence-corrected chi connectivity index (χ2v) is 8.10. The summed E-state index contributed by atoms with van der Waals surface area (Å²) in [7, 11) is 1.42. The van der Waals surface area contributed by atoms with Gasteiger partial charge in [0.05, 0.1) is 31.3 Å². The summed E-state index contributed by atoms with van der Waals surface area (Å²) in [4.78, 5) is 32.1. The predicted molar refractivity (Wildman–Crippen MR) is 104 cm³/mol. The van der Waals surface area contributed by atoms with E-state index >= 15 is 0 Å². The van der Waals surface area contributed by atoms with Crippen LogP contribution in [0.4, 0.5) is 4.39 Å². The minimum atomic E-state index is -0.478. The van der Waals surface area contributed by atoms with Gasteiger partial charge in [-0.25, -0.2) is 4.39 Å². The van der Waals surface area contributed by atoms with Crippen LogP contribution in [0.3, 0.4) is 0 Å². The number of rotatable bonds is 5. The number of benzene rings is 1. The van der Waals surface area contributed by atoms with Crippen LogP contribution in [0.15, 0.2) is 18.2 Å². The summed E-state index contributed by atoms with van der Waals surface area (Å²) in [6.07, 6.45) is 1.45. The average molecular weight is 405 g/mol. The van der Waals surface area contributed by atoms with Gasteiger partial charge < -0.3 is 19.3 Å². The second-order valence-electron chi connectivity index (χ2n) is 8.10. The summed E-state index contributed by atoms with van der Waals surface area (Å²) in [5.74, 6) is -0.274. The van der Waals surface area contributed by atoms with E-state index < -0.39 is 11.2 Å². The average Bonchev–Trinajstić information content (AvgIpc) is 3.31. The molecular formula is C21H28FN3O4. The van der Waals surface area contributed by atoms with Gasteiger partial charge in [-0.1, -0.05) is 0 Å². The third kappa shape index (κ3) is 3.96. The van der Waals surface area contributed by atoms with Crippen LogP contribution < -0.4 is 4.74 Å². The molecule has 1 spiro atoms. The van der Waals surface area contributed by atoms with Crippen molar-refractivity contribution in [3.63, 3.8) is 0 Å². The minimum Gasteiger partial charge on any atom is -0.496 e. The Bertz CT molecular complexity index is 783. The molecule has 0 N–H and O–H groups in total. The molecule has 3 aliphatic rings. The molecule has 158 valence electrons. The first-order chi connectivity index (χ1) is 14.0. The summed E-state index contributed by atoms with van der Waals surface area (Å²) in [6, 6.07) is 3.93. The molecular weight excluding hydrogens is 377 g/mol. The zero-order chi connectivity index (χ0) is 20.4. The van der Waals surface area contributed by atoms with Crippen LogP contribution >= 0.6 is 0 Å². The van der Waals surface area contributed by atoms with E-state index in [1.54, 1.807) is 4.90 Å². The van der Waals surface area contributed by atoms with Crippen LogP contribution in [0.1, 0.15) is 23.2 Å². The maximum Gasteiger partial charge on any atom is 0.257 e. The highest BCUT2D eigenvalue weighted by Crippen LogP contribution is 2.41. The minimum absolute atomic E-state index is 0.159. The summed E-state index contributed by atoms with van der Waals surface area (Å²) in [5.41, 5.74) is -0.144. The van der Waals surface area contributed by atoms with Crippen LogP contribution in [0.25, 0.3) is 0 Å². The van der Waals surface area contributed by atoms with Gasteiger partial charge in [-0.3, -0.25) is 14.5 Å². The quantitative estimate of drug-likeness (QED) is 0.738. The Morgan fingerprint density at radius 2 is 1.93 bits per heavy atom. The third-order valence-corrected chi connectivity index (χ3v) is 6.43. The Hall–Kier alpha value is -2.19. The molecule has 3 saturated heterocycles. The normalized spacial score (nSPS) is 25.2. The van der Waals surface area contributed by atoms with Gasteiger partial charge in [0.25, 0.3) is 5.91 Å². The van der Waals surface area contributed by atoms with Gasteiger partial charge in [-0.2, -0.15) is 0 Å².